The number of hydrogen-bond donors (Lipinski definition) is 3. The van der Waals surface area contributed by atoms with E-state index < -0.39 is 24.2 Å². The van der Waals surface area contributed by atoms with Crippen molar-refractivity contribution in [3.8, 4) is 0 Å². The lowest BCUT2D eigenvalue weighted by atomic mass is 9.88. The smallest absolute Gasteiger partial charge is 0.320 e. The van der Waals surface area contributed by atoms with Gasteiger partial charge < -0.3 is 15.3 Å². The number of aliphatic hydroxyl groups is 2. The summed E-state index contributed by atoms with van der Waals surface area (Å²) in [4.78, 5) is 13.9. The molecule has 5 nitrogen and oxygen atoms in total. The van der Waals surface area contributed by atoms with Crippen LogP contribution in [-0.2, 0) is 4.79 Å². The number of nitrogens with zero attached hydrogens (tertiary/aromatic N) is 1. The van der Waals surface area contributed by atoms with Gasteiger partial charge in [0.05, 0.1) is 12.2 Å². The van der Waals surface area contributed by atoms with Crippen molar-refractivity contribution in [1.29, 1.82) is 0 Å². The van der Waals surface area contributed by atoms with Crippen LogP contribution >= 0.6 is 0 Å². The Morgan fingerprint density at radius 1 is 1.26 bits per heavy atom. The summed E-state index contributed by atoms with van der Waals surface area (Å²) in [5.41, 5.74) is 1.25. The Bertz CT molecular complexity index is 597. The highest BCUT2D eigenvalue weighted by Gasteiger charge is 2.54. The zero-order valence-corrected chi connectivity index (χ0v) is 16.8. The lowest BCUT2D eigenvalue weighted by Crippen LogP contribution is -2.51. The van der Waals surface area contributed by atoms with E-state index in [1.807, 2.05) is 19.1 Å². The number of carboxylic acid groups (broad SMARTS) is 1. The third kappa shape index (κ3) is 4.30. The number of aliphatic hydroxyl groups excluding tert-OH is 2. The monoisotopic (exact) mass is 377 g/mol. The maximum atomic E-state index is 11.7. The number of piperidine rings is 1. The average Bonchev–Trinajstić information content (AvgIpc) is 3.11. The van der Waals surface area contributed by atoms with Crippen LogP contribution in [0.5, 0.6) is 0 Å². The molecule has 2 aliphatic heterocycles. The molecule has 0 aromatic rings. The Morgan fingerprint density at radius 2 is 2.00 bits per heavy atom. The van der Waals surface area contributed by atoms with Gasteiger partial charge in [-0.2, -0.15) is 0 Å². The molecule has 0 radical (unpaired) electrons. The van der Waals surface area contributed by atoms with Gasteiger partial charge in [0.15, 0.2) is 0 Å². The molecule has 2 saturated heterocycles. The summed E-state index contributed by atoms with van der Waals surface area (Å²) in [7, 11) is 0. The van der Waals surface area contributed by atoms with Crippen molar-refractivity contribution in [1.82, 2.24) is 4.90 Å². The lowest BCUT2D eigenvalue weighted by Gasteiger charge is -2.38. The molecule has 3 N–H and O–H groups in total. The molecule has 1 aliphatic carbocycles. The first-order valence-electron chi connectivity index (χ1n) is 10.5. The second kappa shape index (κ2) is 8.46. The van der Waals surface area contributed by atoms with Crippen LogP contribution < -0.4 is 0 Å². The van der Waals surface area contributed by atoms with Crippen molar-refractivity contribution >= 4 is 5.97 Å². The van der Waals surface area contributed by atoms with E-state index in [-0.39, 0.29) is 17.9 Å². The summed E-state index contributed by atoms with van der Waals surface area (Å²) in [5, 5.41) is 30.7. The molecule has 0 spiro atoms. The van der Waals surface area contributed by atoms with Gasteiger partial charge in [-0.3, -0.25) is 9.69 Å². The van der Waals surface area contributed by atoms with Crippen LogP contribution in [0.2, 0.25) is 0 Å². The van der Waals surface area contributed by atoms with Crippen LogP contribution in [0.15, 0.2) is 23.8 Å². The number of fused-ring (bicyclic) bond motifs is 3. The van der Waals surface area contributed by atoms with Crippen LogP contribution in [0.4, 0.5) is 0 Å². The van der Waals surface area contributed by atoms with Crippen LogP contribution in [0, 0.1) is 17.8 Å². The van der Waals surface area contributed by atoms with Gasteiger partial charge in [-0.1, -0.05) is 30.7 Å². The average molecular weight is 378 g/mol. The quantitative estimate of drug-likeness (QED) is 0.620. The summed E-state index contributed by atoms with van der Waals surface area (Å²) in [5.74, 6) is -0.282. The molecule has 27 heavy (non-hydrogen) atoms. The molecular weight excluding hydrogens is 342 g/mol. The lowest BCUT2D eigenvalue weighted by molar-refractivity contribution is -0.146. The van der Waals surface area contributed by atoms with E-state index >= 15 is 0 Å². The fraction of sp³-hybridized carbons (Fsp3) is 0.773. The highest BCUT2D eigenvalue weighted by atomic mass is 16.4. The summed E-state index contributed by atoms with van der Waals surface area (Å²) in [6.07, 6.45) is 10.2. The Labute approximate surface area is 162 Å². The van der Waals surface area contributed by atoms with Crippen molar-refractivity contribution in [2.45, 2.75) is 89.6 Å². The molecule has 5 heteroatoms. The van der Waals surface area contributed by atoms with E-state index in [0.717, 1.165) is 25.7 Å². The Hall–Kier alpha value is -1.17. The molecule has 8 atom stereocenters. The highest BCUT2D eigenvalue weighted by molar-refractivity contribution is 5.73. The predicted molar refractivity (Wildman–Crippen MR) is 105 cm³/mol. The predicted octanol–water partition coefficient (Wildman–Crippen LogP) is 2.97. The third-order valence-electron chi connectivity index (χ3n) is 6.94. The summed E-state index contributed by atoms with van der Waals surface area (Å²) in [6.45, 7) is 6.15. The van der Waals surface area contributed by atoms with Gasteiger partial charge in [0.1, 0.15) is 6.04 Å². The minimum Gasteiger partial charge on any atom is -0.480 e. The molecule has 2 heterocycles. The molecule has 0 aromatic carbocycles. The fourth-order valence-electron chi connectivity index (χ4n) is 5.45. The van der Waals surface area contributed by atoms with Gasteiger partial charge in [0, 0.05) is 18.0 Å². The van der Waals surface area contributed by atoms with Crippen molar-refractivity contribution < 1.29 is 20.1 Å². The first-order chi connectivity index (χ1) is 12.8. The largest absolute Gasteiger partial charge is 0.480 e. The molecule has 3 aliphatic rings. The number of aliphatic carboxylic acids is 1. The van der Waals surface area contributed by atoms with E-state index in [9.17, 15) is 20.1 Å². The van der Waals surface area contributed by atoms with Crippen LogP contribution in [0.1, 0.15) is 59.3 Å². The Balaban J connectivity index is 1.68. The van der Waals surface area contributed by atoms with E-state index in [2.05, 4.69) is 24.8 Å². The Kier molecular flexibility index (Phi) is 6.44. The summed E-state index contributed by atoms with van der Waals surface area (Å²) >= 11 is 0. The van der Waals surface area contributed by atoms with E-state index in [1.165, 1.54) is 5.57 Å². The molecule has 0 bridgehead atoms. The SMILES string of the molecule is CC(C)=CCC(C)[C@@H](O)C=C[C@H]1[C@H](O)CC2[C@@H]1CC1CCCC(C(=O)O)N12. The van der Waals surface area contributed by atoms with Crippen LogP contribution in [-0.4, -0.2) is 56.5 Å². The number of carbonyl (C=O) groups is 1. The number of hydrogen-bond acceptors (Lipinski definition) is 4. The maximum absolute atomic E-state index is 11.7. The van der Waals surface area contributed by atoms with Crippen molar-refractivity contribution in [3.63, 3.8) is 0 Å². The first kappa shape index (κ1) is 20.6. The van der Waals surface area contributed by atoms with Crippen molar-refractivity contribution in [2.24, 2.45) is 17.8 Å². The molecule has 3 fully saturated rings. The van der Waals surface area contributed by atoms with E-state index in [4.69, 9.17) is 0 Å². The number of carboxylic acids is 1. The second-order valence-corrected chi connectivity index (χ2v) is 9.10. The van der Waals surface area contributed by atoms with Gasteiger partial charge in [-0.15, -0.1) is 0 Å². The molecule has 0 aromatic heterocycles. The second-order valence-electron chi connectivity index (χ2n) is 9.10. The molecule has 0 amide bonds. The van der Waals surface area contributed by atoms with Crippen LogP contribution in [0.25, 0.3) is 0 Å². The highest BCUT2D eigenvalue weighted by Crippen LogP contribution is 2.49. The van der Waals surface area contributed by atoms with Crippen molar-refractivity contribution in [3.05, 3.63) is 23.8 Å². The number of allylic oxidation sites excluding steroid dienone is 2. The third-order valence-corrected chi connectivity index (χ3v) is 6.94. The Morgan fingerprint density at radius 3 is 2.67 bits per heavy atom. The zero-order valence-electron chi connectivity index (χ0n) is 16.8. The van der Waals surface area contributed by atoms with E-state index in [0.29, 0.717) is 24.8 Å². The minimum atomic E-state index is -0.725. The van der Waals surface area contributed by atoms with Gasteiger partial charge >= 0.3 is 5.97 Å². The maximum Gasteiger partial charge on any atom is 0.320 e. The van der Waals surface area contributed by atoms with Gasteiger partial charge in [0.25, 0.3) is 0 Å². The minimum absolute atomic E-state index is 0.0142. The number of rotatable bonds is 6. The normalized spacial score (nSPS) is 38.4. The molecule has 1 saturated carbocycles. The van der Waals surface area contributed by atoms with Gasteiger partial charge in [-0.25, -0.2) is 0 Å². The van der Waals surface area contributed by atoms with Gasteiger partial charge in [0.2, 0.25) is 0 Å². The molecule has 4 unspecified atom stereocenters. The summed E-state index contributed by atoms with van der Waals surface area (Å²) in [6, 6.07) is 0.0874. The zero-order chi connectivity index (χ0) is 19.7. The summed E-state index contributed by atoms with van der Waals surface area (Å²) < 4.78 is 0. The molecular formula is C22H35NO4. The van der Waals surface area contributed by atoms with Crippen molar-refractivity contribution in [2.75, 3.05) is 0 Å². The topological polar surface area (TPSA) is 81.0 Å². The van der Waals surface area contributed by atoms with Gasteiger partial charge in [-0.05, 0) is 64.2 Å². The first-order valence-corrected chi connectivity index (χ1v) is 10.5. The van der Waals surface area contributed by atoms with E-state index in [1.54, 1.807) is 0 Å². The molecule has 152 valence electrons. The fourth-order valence-corrected chi connectivity index (χ4v) is 5.45. The molecule has 3 rings (SSSR count). The van der Waals surface area contributed by atoms with Crippen LogP contribution in [0.3, 0.4) is 0 Å². The standard InChI is InChI=1S/C22H35NO4/c1-13(2)7-8-14(3)20(24)10-9-16-17-11-15-5-4-6-18(22(26)27)23(15)19(17)12-21(16)25/h7,9-10,14-21,24-25H,4-6,8,11-12H2,1-3H3,(H,26,27)/t14?,15?,16-,17-,18?,19?,20+,21-/m1/s1.